The number of nitrogens with one attached hydrogen (secondary N) is 1. The first-order chi connectivity index (χ1) is 14.1. The molecule has 1 saturated heterocycles. The molecule has 1 atom stereocenters. The highest BCUT2D eigenvalue weighted by Gasteiger charge is 2.26. The van der Waals surface area contributed by atoms with Crippen molar-refractivity contribution in [2.75, 3.05) is 37.0 Å². The number of aryl methyl sites for hydroxylation is 1. The molecule has 0 aliphatic carbocycles. The van der Waals surface area contributed by atoms with E-state index in [4.69, 9.17) is 4.74 Å². The van der Waals surface area contributed by atoms with Crippen molar-refractivity contribution in [3.8, 4) is 5.75 Å². The average Bonchev–Trinajstić information content (AvgIpc) is 2.76. The normalized spacial score (nSPS) is 19.1. The number of anilines is 2. The van der Waals surface area contributed by atoms with Crippen LogP contribution in [0.5, 0.6) is 5.75 Å². The molecule has 1 N–H and O–H groups in total. The smallest absolute Gasteiger partial charge is 0.227 e. The van der Waals surface area contributed by atoms with Crippen LogP contribution in [0.2, 0.25) is 0 Å². The summed E-state index contributed by atoms with van der Waals surface area (Å²) in [5.74, 6) is 0.741. The van der Waals surface area contributed by atoms with E-state index < -0.39 is 0 Å². The van der Waals surface area contributed by atoms with Gasteiger partial charge in [-0.2, -0.15) is 0 Å². The lowest BCUT2D eigenvalue weighted by molar-refractivity contribution is -0.118. The summed E-state index contributed by atoms with van der Waals surface area (Å²) in [4.78, 5) is 16.2. The average molecular weight is 397 g/mol. The lowest BCUT2D eigenvalue weighted by Crippen LogP contribution is -2.46. The Bertz CT molecular complexity index is 878. The van der Waals surface area contributed by atoms with Crippen LogP contribution in [-0.4, -0.2) is 39.2 Å². The first-order valence-corrected chi connectivity index (χ1v) is 10.3. The zero-order chi connectivity index (χ0) is 20.4. The molecule has 5 nitrogen and oxygen atoms in total. The molecule has 29 heavy (non-hydrogen) atoms. The number of fused-ring (bicyclic) bond motifs is 1. The summed E-state index contributed by atoms with van der Waals surface area (Å²) in [5, 5.41) is 3.47. The Morgan fingerprint density at radius 1 is 1.24 bits per heavy atom. The largest absolute Gasteiger partial charge is 0.496 e. The van der Waals surface area contributed by atoms with Crippen LogP contribution in [0.4, 0.5) is 15.8 Å². The molecule has 0 spiro atoms. The molecule has 2 aromatic rings. The quantitative estimate of drug-likeness (QED) is 0.839. The Morgan fingerprint density at radius 2 is 2.03 bits per heavy atom. The van der Waals surface area contributed by atoms with Crippen molar-refractivity contribution in [1.29, 1.82) is 0 Å². The van der Waals surface area contributed by atoms with Crippen LogP contribution in [0.1, 0.15) is 30.4 Å². The molecule has 1 amide bonds. The minimum absolute atomic E-state index is 0.139. The highest BCUT2D eigenvalue weighted by Crippen LogP contribution is 2.35. The van der Waals surface area contributed by atoms with Crippen LogP contribution in [0.15, 0.2) is 36.4 Å². The van der Waals surface area contributed by atoms with E-state index >= 15 is 0 Å². The zero-order valence-electron chi connectivity index (χ0n) is 17.1. The van der Waals surface area contributed by atoms with Crippen molar-refractivity contribution in [1.82, 2.24) is 5.32 Å². The third-order valence-electron chi connectivity index (χ3n) is 6.04. The number of nitrogens with zero attached hydrogens (tertiary/aromatic N) is 2. The number of methoxy groups -OCH3 is 1. The van der Waals surface area contributed by atoms with Gasteiger partial charge < -0.3 is 19.9 Å². The van der Waals surface area contributed by atoms with Crippen LogP contribution in [0, 0.1) is 5.82 Å². The number of piperidine rings is 1. The number of hydrogen-bond donors (Lipinski definition) is 1. The third-order valence-corrected chi connectivity index (χ3v) is 6.04. The lowest BCUT2D eigenvalue weighted by atomic mass is 9.97. The molecular formula is C23H28FN3O2. The topological polar surface area (TPSA) is 44.8 Å². The number of carbonyl (C=O) groups excluding carboxylic acids is 1. The summed E-state index contributed by atoms with van der Waals surface area (Å²) in [7, 11) is 3.52. The monoisotopic (exact) mass is 397 g/mol. The summed E-state index contributed by atoms with van der Waals surface area (Å²) >= 11 is 0. The van der Waals surface area contributed by atoms with E-state index in [1.807, 2.05) is 19.2 Å². The third kappa shape index (κ3) is 4.08. The number of rotatable bonds is 5. The summed E-state index contributed by atoms with van der Waals surface area (Å²) in [6.45, 7) is 2.56. The Labute approximate surface area is 171 Å². The van der Waals surface area contributed by atoms with E-state index in [0.717, 1.165) is 60.6 Å². The van der Waals surface area contributed by atoms with Gasteiger partial charge in [0.05, 0.1) is 7.11 Å². The highest BCUT2D eigenvalue weighted by molar-refractivity contribution is 5.96. The van der Waals surface area contributed by atoms with Crippen LogP contribution in [0.3, 0.4) is 0 Å². The minimum Gasteiger partial charge on any atom is -0.496 e. The molecule has 6 heteroatoms. The van der Waals surface area contributed by atoms with Crippen molar-refractivity contribution in [2.45, 2.75) is 38.3 Å². The van der Waals surface area contributed by atoms with Gasteiger partial charge in [0.15, 0.2) is 0 Å². The molecule has 154 valence electrons. The molecular weight excluding hydrogens is 369 g/mol. The molecule has 2 heterocycles. The van der Waals surface area contributed by atoms with Gasteiger partial charge in [-0.3, -0.25) is 4.79 Å². The number of ether oxygens (including phenoxy) is 1. The lowest BCUT2D eigenvalue weighted by Gasteiger charge is -2.37. The van der Waals surface area contributed by atoms with E-state index in [1.54, 1.807) is 12.0 Å². The number of amides is 1. The van der Waals surface area contributed by atoms with E-state index in [0.29, 0.717) is 19.0 Å². The van der Waals surface area contributed by atoms with Gasteiger partial charge >= 0.3 is 0 Å². The van der Waals surface area contributed by atoms with Crippen molar-refractivity contribution in [2.24, 2.45) is 0 Å². The molecule has 0 radical (unpaired) electrons. The maximum Gasteiger partial charge on any atom is 0.227 e. The van der Waals surface area contributed by atoms with E-state index in [-0.39, 0.29) is 11.7 Å². The second-order valence-electron chi connectivity index (χ2n) is 7.85. The Morgan fingerprint density at radius 3 is 2.72 bits per heavy atom. The van der Waals surface area contributed by atoms with E-state index in [9.17, 15) is 9.18 Å². The summed E-state index contributed by atoms with van der Waals surface area (Å²) in [6, 6.07) is 11.2. The predicted molar refractivity (Wildman–Crippen MR) is 113 cm³/mol. The Kier molecular flexibility index (Phi) is 5.72. The minimum atomic E-state index is -0.234. The van der Waals surface area contributed by atoms with Crippen LogP contribution >= 0.6 is 0 Å². The Balaban J connectivity index is 1.71. The zero-order valence-corrected chi connectivity index (χ0v) is 17.1. The SMILES string of the molecule is COc1cc2c(cc1CN(c1ccc(F)cc1)[C@H]1CCCNC1)N(C)C(=O)CC2. The number of hydrogen-bond acceptors (Lipinski definition) is 4. The van der Waals surface area contributed by atoms with Crippen molar-refractivity contribution in [3.05, 3.63) is 53.3 Å². The van der Waals surface area contributed by atoms with Gasteiger partial charge in [0.25, 0.3) is 0 Å². The number of halogens is 1. The van der Waals surface area contributed by atoms with Crippen LogP contribution in [-0.2, 0) is 17.8 Å². The molecule has 1 fully saturated rings. The predicted octanol–water partition coefficient (Wildman–Crippen LogP) is 3.50. The molecule has 4 rings (SSSR count). The van der Waals surface area contributed by atoms with Gasteiger partial charge in [-0.15, -0.1) is 0 Å². The van der Waals surface area contributed by atoms with Gasteiger partial charge in [-0.25, -0.2) is 4.39 Å². The van der Waals surface area contributed by atoms with Crippen LogP contribution < -0.4 is 19.9 Å². The van der Waals surface area contributed by atoms with Crippen molar-refractivity contribution >= 4 is 17.3 Å². The summed E-state index contributed by atoms with van der Waals surface area (Å²) in [6.07, 6.45) is 3.46. The van der Waals surface area contributed by atoms with Gasteiger partial charge in [-0.05, 0) is 67.8 Å². The molecule has 0 unspecified atom stereocenters. The molecule has 2 aliphatic heterocycles. The second-order valence-corrected chi connectivity index (χ2v) is 7.85. The standard InChI is InChI=1S/C23H28FN3O2/c1-26-21-12-17(22(29-2)13-16(21)5-10-23(26)28)15-27(20-4-3-11-25-14-20)19-8-6-18(24)7-9-19/h6-9,12-13,20,25H,3-5,10-11,14-15H2,1-2H3/t20-/m0/s1. The first kappa shape index (κ1) is 19.7. The van der Waals surface area contributed by atoms with Crippen LogP contribution in [0.25, 0.3) is 0 Å². The Hall–Kier alpha value is -2.60. The van der Waals surface area contributed by atoms with Gasteiger partial charge in [-0.1, -0.05) is 0 Å². The number of carbonyl (C=O) groups is 1. The molecule has 0 aromatic heterocycles. The van der Waals surface area contributed by atoms with Gasteiger partial charge in [0.1, 0.15) is 11.6 Å². The van der Waals surface area contributed by atoms with Crippen molar-refractivity contribution in [3.63, 3.8) is 0 Å². The number of benzene rings is 2. The fraction of sp³-hybridized carbons (Fsp3) is 0.435. The maximum atomic E-state index is 13.5. The van der Waals surface area contributed by atoms with E-state index in [2.05, 4.69) is 22.3 Å². The van der Waals surface area contributed by atoms with Gasteiger partial charge in [0.2, 0.25) is 5.91 Å². The molecule has 0 saturated carbocycles. The first-order valence-electron chi connectivity index (χ1n) is 10.3. The molecule has 2 aliphatic rings. The molecule has 0 bridgehead atoms. The second kappa shape index (κ2) is 8.41. The van der Waals surface area contributed by atoms with Gasteiger partial charge in [0, 0.05) is 49.5 Å². The van der Waals surface area contributed by atoms with E-state index in [1.165, 1.54) is 12.1 Å². The molecule has 2 aromatic carbocycles. The highest BCUT2D eigenvalue weighted by atomic mass is 19.1. The maximum absolute atomic E-state index is 13.5. The fourth-order valence-electron chi connectivity index (χ4n) is 4.37. The van der Waals surface area contributed by atoms with Crippen molar-refractivity contribution < 1.29 is 13.9 Å². The summed E-state index contributed by atoms with van der Waals surface area (Å²) in [5.41, 5.74) is 4.12. The summed E-state index contributed by atoms with van der Waals surface area (Å²) < 4.78 is 19.2. The fourth-order valence-corrected chi connectivity index (χ4v) is 4.37.